The van der Waals surface area contributed by atoms with Crippen molar-refractivity contribution >= 4 is 11.8 Å². The van der Waals surface area contributed by atoms with Crippen LogP contribution in [-0.2, 0) is 22.7 Å². The molecule has 8 heteroatoms. The fourth-order valence-corrected chi connectivity index (χ4v) is 5.04. The number of fused-ring (bicyclic) bond motifs is 2. The third-order valence-corrected chi connectivity index (χ3v) is 6.46. The number of halogens is 1. The van der Waals surface area contributed by atoms with E-state index in [1.807, 2.05) is 16.7 Å². The molecule has 1 aromatic carbocycles. The zero-order valence-electron chi connectivity index (χ0n) is 16.8. The molecule has 0 radical (unpaired) electrons. The maximum absolute atomic E-state index is 14.0. The highest BCUT2D eigenvalue weighted by Gasteiger charge is 2.64. The van der Waals surface area contributed by atoms with E-state index in [1.165, 1.54) is 11.0 Å². The van der Waals surface area contributed by atoms with Gasteiger partial charge in [-0.2, -0.15) is 0 Å². The van der Waals surface area contributed by atoms with Crippen molar-refractivity contribution < 1.29 is 23.5 Å². The lowest BCUT2D eigenvalue weighted by molar-refractivity contribution is -0.181. The van der Waals surface area contributed by atoms with E-state index in [2.05, 4.69) is 0 Å². The number of β-amino-alcohol motifs (C(OH)–C–C–N with tert-alkyl or cyclic N) is 1. The summed E-state index contributed by atoms with van der Waals surface area (Å²) in [5.74, 6) is 0.446. The molecule has 158 valence electrons. The van der Waals surface area contributed by atoms with Gasteiger partial charge in [0.25, 0.3) is 5.91 Å². The Balaban J connectivity index is 1.40. The van der Waals surface area contributed by atoms with Crippen molar-refractivity contribution in [1.82, 2.24) is 14.7 Å². The van der Waals surface area contributed by atoms with Gasteiger partial charge in [0.1, 0.15) is 22.9 Å². The van der Waals surface area contributed by atoms with Crippen LogP contribution in [0.3, 0.4) is 0 Å². The van der Waals surface area contributed by atoms with Gasteiger partial charge in [0.2, 0.25) is 5.91 Å². The predicted molar refractivity (Wildman–Crippen MR) is 105 cm³/mol. The van der Waals surface area contributed by atoms with Crippen LogP contribution in [0.15, 0.2) is 40.8 Å². The molecule has 0 bridgehead atoms. The number of nitrogens with zero attached hydrogens (tertiary/aromatic N) is 3. The van der Waals surface area contributed by atoms with Gasteiger partial charge in [-0.15, -0.1) is 0 Å². The molecule has 2 unspecified atom stereocenters. The maximum Gasteiger partial charge on any atom is 0.252 e. The molecular formula is C22H24FN3O4. The van der Waals surface area contributed by atoms with Crippen molar-refractivity contribution in [2.75, 3.05) is 19.6 Å². The number of hydrogen-bond acceptors (Lipinski definition) is 6. The molecule has 3 saturated heterocycles. The number of likely N-dealkylation sites (tertiary alicyclic amines) is 1. The minimum absolute atomic E-state index is 0.0843. The molecule has 5 rings (SSSR count). The van der Waals surface area contributed by atoms with Gasteiger partial charge in [-0.05, 0) is 31.5 Å². The number of carbonyl (C=O) groups excluding carboxylic acids is 2. The first-order chi connectivity index (χ1) is 14.4. The van der Waals surface area contributed by atoms with Crippen molar-refractivity contribution in [3.05, 3.63) is 59.3 Å². The number of amides is 2. The third kappa shape index (κ3) is 2.98. The highest BCUT2D eigenvalue weighted by Crippen LogP contribution is 2.41. The van der Waals surface area contributed by atoms with Crippen molar-refractivity contribution in [3.63, 3.8) is 0 Å². The van der Waals surface area contributed by atoms with Crippen LogP contribution in [0, 0.1) is 12.7 Å². The van der Waals surface area contributed by atoms with Gasteiger partial charge in [0.15, 0.2) is 0 Å². The van der Waals surface area contributed by atoms with Crippen LogP contribution in [0.5, 0.6) is 0 Å². The lowest BCUT2D eigenvalue weighted by Gasteiger charge is -2.58. The van der Waals surface area contributed by atoms with Crippen LogP contribution in [0.2, 0.25) is 0 Å². The van der Waals surface area contributed by atoms with E-state index < -0.39 is 17.7 Å². The van der Waals surface area contributed by atoms with E-state index in [1.54, 1.807) is 30.3 Å². The Morgan fingerprint density at radius 2 is 1.93 bits per heavy atom. The number of hydrogen-bond donors (Lipinski definition) is 1. The first-order valence-electron chi connectivity index (χ1n) is 10.2. The van der Waals surface area contributed by atoms with Crippen molar-refractivity contribution in [1.29, 1.82) is 0 Å². The summed E-state index contributed by atoms with van der Waals surface area (Å²) in [6.45, 7) is 3.37. The van der Waals surface area contributed by atoms with Crippen LogP contribution in [-0.4, -0.2) is 68.9 Å². The Morgan fingerprint density at radius 1 is 1.17 bits per heavy atom. The number of aryl methyl sites for hydroxylation is 1. The molecule has 3 aliphatic heterocycles. The number of rotatable bonds is 4. The normalized spacial score (nSPS) is 26.3. The second kappa shape index (κ2) is 7.01. The van der Waals surface area contributed by atoms with Crippen LogP contribution >= 0.6 is 0 Å². The minimum Gasteiger partial charge on any atom is -0.464 e. The highest BCUT2D eigenvalue weighted by atomic mass is 19.1. The molecule has 0 aliphatic carbocycles. The zero-order valence-corrected chi connectivity index (χ0v) is 16.8. The van der Waals surface area contributed by atoms with Crippen molar-refractivity contribution in [3.8, 4) is 0 Å². The Morgan fingerprint density at radius 3 is 2.63 bits per heavy atom. The molecule has 1 spiro atoms. The lowest BCUT2D eigenvalue weighted by atomic mass is 9.82. The third-order valence-electron chi connectivity index (χ3n) is 6.46. The number of aliphatic hydroxyl groups excluding tert-OH is 1. The van der Waals surface area contributed by atoms with Crippen LogP contribution in [0.4, 0.5) is 4.39 Å². The molecule has 0 saturated carbocycles. The highest BCUT2D eigenvalue weighted by molar-refractivity contribution is 6.06. The maximum atomic E-state index is 14.0. The largest absolute Gasteiger partial charge is 0.464 e. The number of aliphatic hydroxyl groups is 1. The number of imide groups is 1. The second-order valence-corrected chi connectivity index (χ2v) is 8.57. The molecule has 2 aromatic rings. The molecule has 2 atom stereocenters. The number of piperazine rings is 1. The van der Waals surface area contributed by atoms with E-state index in [4.69, 9.17) is 4.42 Å². The smallest absolute Gasteiger partial charge is 0.252 e. The molecule has 7 nitrogen and oxygen atoms in total. The van der Waals surface area contributed by atoms with Gasteiger partial charge < -0.3 is 9.52 Å². The summed E-state index contributed by atoms with van der Waals surface area (Å²) < 4.78 is 19.6. The molecule has 30 heavy (non-hydrogen) atoms. The fourth-order valence-electron chi connectivity index (χ4n) is 5.04. The van der Waals surface area contributed by atoms with Gasteiger partial charge in [-0.25, -0.2) is 4.39 Å². The molecule has 1 aromatic heterocycles. The molecule has 3 fully saturated rings. The van der Waals surface area contributed by atoms with Gasteiger partial charge in [0.05, 0.1) is 18.7 Å². The van der Waals surface area contributed by atoms with Gasteiger partial charge in [-0.1, -0.05) is 18.2 Å². The predicted octanol–water partition coefficient (Wildman–Crippen LogP) is 1.29. The van der Waals surface area contributed by atoms with Gasteiger partial charge in [-0.3, -0.25) is 24.3 Å². The number of benzene rings is 1. The van der Waals surface area contributed by atoms with E-state index in [9.17, 15) is 19.1 Å². The van der Waals surface area contributed by atoms with Gasteiger partial charge in [0, 0.05) is 31.7 Å². The topological polar surface area (TPSA) is 77.2 Å². The summed E-state index contributed by atoms with van der Waals surface area (Å²) in [4.78, 5) is 31.7. The molecule has 2 amide bonds. The molecule has 4 heterocycles. The monoisotopic (exact) mass is 413 g/mol. The SMILES string of the molecule is Cc1ccc(CN2C(=O)C3CC(O)CN3C3(CN(Cc4ccccc4F)C3)C2=O)o1. The van der Waals surface area contributed by atoms with Crippen LogP contribution in [0.1, 0.15) is 23.5 Å². The summed E-state index contributed by atoms with van der Waals surface area (Å²) in [6, 6.07) is 9.65. The molecule has 3 aliphatic rings. The lowest BCUT2D eigenvalue weighted by Crippen LogP contribution is -2.81. The van der Waals surface area contributed by atoms with Crippen LogP contribution < -0.4 is 0 Å². The Bertz CT molecular complexity index is 1000. The number of furan rings is 1. The van der Waals surface area contributed by atoms with Crippen molar-refractivity contribution in [2.24, 2.45) is 0 Å². The molecule has 1 N–H and O–H groups in total. The second-order valence-electron chi connectivity index (χ2n) is 8.57. The number of carbonyl (C=O) groups is 2. The van der Waals surface area contributed by atoms with E-state index in [-0.39, 0.29) is 24.2 Å². The zero-order chi connectivity index (χ0) is 21.0. The quantitative estimate of drug-likeness (QED) is 0.762. The van der Waals surface area contributed by atoms with Crippen LogP contribution in [0.25, 0.3) is 0 Å². The fraction of sp³-hybridized carbons (Fsp3) is 0.455. The van der Waals surface area contributed by atoms with E-state index >= 15 is 0 Å². The summed E-state index contributed by atoms with van der Waals surface area (Å²) in [5, 5.41) is 10.2. The minimum atomic E-state index is -0.872. The molecular weight excluding hydrogens is 389 g/mol. The van der Waals surface area contributed by atoms with E-state index in [0.717, 1.165) is 0 Å². The Labute approximate surface area is 173 Å². The first-order valence-corrected chi connectivity index (χ1v) is 10.2. The standard InChI is InChI=1S/C22H24FN3O4/c1-14-6-7-17(30-14)11-25-20(28)19-8-16(27)10-26(19)22(21(25)29)12-24(13-22)9-15-4-2-3-5-18(15)23/h2-7,16,19,27H,8-13H2,1H3. The van der Waals surface area contributed by atoms with Crippen molar-refractivity contribution in [2.45, 2.75) is 44.1 Å². The summed E-state index contributed by atoms with van der Waals surface area (Å²) in [6.07, 6.45) is -0.329. The summed E-state index contributed by atoms with van der Waals surface area (Å²) >= 11 is 0. The average molecular weight is 413 g/mol. The summed E-state index contributed by atoms with van der Waals surface area (Å²) in [5.41, 5.74) is -0.296. The Hall–Kier alpha value is -2.55. The summed E-state index contributed by atoms with van der Waals surface area (Å²) in [7, 11) is 0. The first kappa shape index (κ1) is 19.4. The van der Waals surface area contributed by atoms with Gasteiger partial charge >= 0.3 is 0 Å². The average Bonchev–Trinajstić information content (AvgIpc) is 3.27. The Kier molecular flexibility index (Phi) is 4.53. The van der Waals surface area contributed by atoms with E-state index in [0.29, 0.717) is 49.7 Å².